The Bertz CT molecular complexity index is 755. The number of aryl methyl sites for hydroxylation is 2. The lowest BCUT2D eigenvalue weighted by molar-refractivity contribution is -0.385. The Morgan fingerprint density at radius 3 is 2.76 bits per heavy atom. The molecule has 0 amide bonds. The summed E-state index contributed by atoms with van der Waals surface area (Å²) in [5, 5.41) is 25.1. The third kappa shape index (κ3) is 4.64. The molecule has 0 radical (unpaired) electrons. The molecule has 1 aliphatic carbocycles. The zero-order chi connectivity index (χ0) is 18.0. The van der Waals surface area contributed by atoms with Crippen LogP contribution in [0.4, 0.5) is 5.69 Å². The summed E-state index contributed by atoms with van der Waals surface area (Å²) in [4.78, 5) is 12.5. The number of nitro groups is 1. The summed E-state index contributed by atoms with van der Waals surface area (Å²) < 4.78 is 1.43. The van der Waals surface area contributed by atoms with Crippen molar-refractivity contribution in [1.82, 2.24) is 14.7 Å². The quantitative estimate of drug-likeness (QED) is 0.587. The molecule has 7 nitrogen and oxygen atoms in total. The first-order chi connectivity index (χ1) is 11.9. The van der Waals surface area contributed by atoms with Crippen molar-refractivity contribution in [2.45, 2.75) is 51.9 Å². The molecule has 25 heavy (non-hydrogen) atoms. The molecule has 1 aromatic heterocycles. The lowest BCUT2D eigenvalue weighted by Gasteiger charge is -2.25. The van der Waals surface area contributed by atoms with Gasteiger partial charge in [0.1, 0.15) is 12.4 Å². The van der Waals surface area contributed by atoms with Crippen LogP contribution < -0.4 is 0 Å². The van der Waals surface area contributed by atoms with Gasteiger partial charge in [0.05, 0.1) is 17.6 Å². The standard InChI is InChI=1S/C18H24N4O3/c1-13-3-4-15(7-14(13)2)9-20(16-5-6-16)11-18(23)12-21-10-17(8-19-21)22(24)25/h3-4,7-8,10,16,18,23H,5-6,9,11-12H2,1-2H3. The van der Waals surface area contributed by atoms with Gasteiger partial charge >= 0.3 is 5.69 Å². The van der Waals surface area contributed by atoms with E-state index in [1.807, 2.05) is 0 Å². The summed E-state index contributed by atoms with van der Waals surface area (Å²) >= 11 is 0. The van der Waals surface area contributed by atoms with E-state index in [0.717, 1.165) is 19.4 Å². The average Bonchev–Trinajstić information content (AvgIpc) is 3.29. The minimum absolute atomic E-state index is 0.0543. The smallest absolute Gasteiger partial charge is 0.306 e. The lowest BCUT2D eigenvalue weighted by Crippen LogP contribution is -2.36. The zero-order valence-electron chi connectivity index (χ0n) is 14.6. The summed E-state index contributed by atoms with van der Waals surface area (Å²) in [7, 11) is 0. The molecular formula is C18H24N4O3. The van der Waals surface area contributed by atoms with Gasteiger partial charge < -0.3 is 5.11 Å². The highest BCUT2D eigenvalue weighted by Crippen LogP contribution is 2.29. The van der Waals surface area contributed by atoms with Crippen molar-refractivity contribution in [3.05, 3.63) is 57.4 Å². The van der Waals surface area contributed by atoms with Gasteiger partial charge in [0.25, 0.3) is 0 Å². The van der Waals surface area contributed by atoms with Crippen LogP contribution in [-0.2, 0) is 13.1 Å². The molecule has 1 saturated carbocycles. The minimum Gasteiger partial charge on any atom is -0.390 e. The van der Waals surface area contributed by atoms with Gasteiger partial charge in [-0.3, -0.25) is 19.7 Å². The van der Waals surface area contributed by atoms with E-state index in [0.29, 0.717) is 12.6 Å². The van der Waals surface area contributed by atoms with Crippen molar-refractivity contribution < 1.29 is 10.0 Å². The van der Waals surface area contributed by atoms with Gasteiger partial charge in [-0.2, -0.15) is 5.10 Å². The fourth-order valence-electron chi connectivity index (χ4n) is 3.01. The van der Waals surface area contributed by atoms with Crippen molar-refractivity contribution in [2.24, 2.45) is 0 Å². The van der Waals surface area contributed by atoms with E-state index in [1.54, 1.807) is 0 Å². The molecule has 0 spiro atoms. The van der Waals surface area contributed by atoms with Crippen LogP contribution in [0.3, 0.4) is 0 Å². The van der Waals surface area contributed by atoms with E-state index in [4.69, 9.17) is 0 Å². The molecule has 3 rings (SSSR count). The number of aliphatic hydroxyl groups excluding tert-OH is 1. The van der Waals surface area contributed by atoms with E-state index in [9.17, 15) is 15.2 Å². The molecule has 1 unspecified atom stereocenters. The second-order valence-corrected chi connectivity index (χ2v) is 6.91. The summed E-state index contributed by atoms with van der Waals surface area (Å²) in [5.41, 5.74) is 3.75. The summed E-state index contributed by atoms with van der Waals surface area (Å²) in [6.45, 7) is 5.81. The van der Waals surface area contributed by atoms with E-state index < -0.39 is 11.0 Å². The van der Waals surface area contributed by atoms with Gasteiger partial charge in [0.15, 0.2) is 0 Å². The molecule has 7 heteroatoms. The van der Waals surface area contributed by atoms with Crippen LogP contribution in [-0.4, -0.2) is 43.4 Å². The molecule has 0 saturated heterocycles. The van der Waals surface area contributed by atoms with Gasteiger partial charge in [-0.1, -0.05) is 18.2 Å². The number of benzene rings is 1. The molecular weight excluding hydrogens is 320 g/mol. The SMILES string of the molecule is Cc1ccc(CN(CC(O)Cn2cc([N+](=O)[O-])cn2)C2CC2)cc1C. The molecule has 1 N–H and O–H groups in total. The predicted molar refractivity (Wildman–Crippen MR) is 94.2 cm³/mol. The highest BCUT2D eigenvalue weighted by Gasteiger charge is 2.30. The Balaban J connectivity index is 1.60. The van der Waals surface area contributed by atoms with Crippen molar-refractivity contribution in [1.29, 1.82) is 0 Å². The average molecular weight is 344 g/mol. The number of nitrogens with zero attached hydrogens (tertiary/aromatic N) is 4. The topological polar surface area (TPSA) is 84.4 Å². The Labute approximate surface area is 147 Å². The first-order valence-corrected chi connectivity index (χ1v) is 8.57. The van der Waals surface area contributed by atoms with E-state index in [-0.39, 0.29) is 12.2 Å². The molecule has 1 fully saturated rings. The molecule has 1 heterocycles. The summed E-state index contributed by atoms with van der Waals surface area (Å²) in [6.07, 6.45) is 4.26. The monoisotopic (exact) mass is 344 g/mol. The first kappa shape index (κ1) is 17.6. The van der Waals surface area contributed by atoms with Gasteiger partial charge in [0.2, 0.25) is 0 Å². The maximum Gasteiger partial charge on any atom is 0.306 e. The fourth-order valence-corrected chi connectivity index (χ4v) is 3.01. The minimum atomic E-state index is -0.619. The molecule has 0 bridgehead atoms. The van der Waals surface area contributed by atoms with Gasteiger partial charge in [-0.25, -0.2) is 0 Å². The highest BCUT2D eigenvalue weighted by atomic mass is 16.6. The predicted octanol–water partition coefficient (Wildman–Crippen LogP) is 2.43. The maximum absolute atomic E-state index is 10.7. The lowest BCUT2D eigenvalue weighted by atomic mass is 10.1. The zero-order valence-corrected chi connectivity index (χ0v) is 14.6. The Morgan fingerprint density at radius 1 is 1.40 bits per heavy atom. The van der Waals surface area contributed by atoms with Crippen molar-refractivity contribution in [3.8, 4) is 0 Å². The summed E-state index contributed by atoms with van der Waals surface area (Å²) in [6, 6.07) is 6.99. The van der Waals surface area contributed by atoms with E-state index in [2.05, 4.69) is 42.0 Å². The number of hydrogen-bond acceptors (Lipinski definition) is 5. The van der Waals surface area contributed by atoms with Crippen LogP contribution in [0.15, 0.2) is 30.6 Å². The number of hydrogen-bond donors (Lipinski definition) is 1. The molecule has 1 aromatic carbocycles. The molecule has 0 aliphatic heterocycles. The van der Waals surface area contributed by atoms with Crippen LogP contribution in [0.2, 0.25) is 0 Å². The Kier molecular flexibility index (Phi) is 5.15. The largest absolute Gasteiger partial charge is 0.390 e. The second-order valence-electron chi connectivity index (χ2n) is 6.91. The molecule has 1 atom stereocenters. The van der Waals surface area contributed by atoms with E-state index in [1.165, 1.54) is 33.8 Å². The van der Waals surface area contributed by atoms with Crippen molar-refractivity contribution in [3.63, 3.8) is 0 Å². The molecule has 2 aromatic rings. The van der Waals surface area contributed by atoms with Crippen molar-refractivity contribution >= 4 is 5.69 Å². The Hall–Kier alpha value is -2.25. The van der Waals surface area contributed by atoms with E-state index >= 15 is 0 Å². The van der Waals surface area contributed by atoms with Crippen LogP contribution in [0.1, 0.15) is 29.5 Å². The van der Waals surface area contributed by atoms with Gasteiger partial charge in [0, 0.05) is 19.1 Å². The number of aromatic nitrogens is 2. The second kappa shape index (κ2) is 7.33. The van der Waals surface area contributed by atoms with Crippen LogP contribution in [0.5, 0.6) is 0 Å². The third-order valence-corrected chi connectivity index (χ3v) is 4.69. The number of aliphatic hydroxyl groups is 1. The first-order valence-electron chi connectivity index (χ1n) is 8.57. The fraction of sp³-hybridized carbons (Fsp3) is 0.500. The van der Waals surface area contributed by atoms with Crippen LogP contribution >= 0.6 is 0 Å². The maximum atomic E-state index is 10.7. The van der Waals surface area contributed by atoms with Crippen molar-refractivity contribution in [2.75, 3.05) is 6.54 Å². The van der Waals surface area contributed by atoms with Gasteiger partial charge in [-0.05, 0) is 43.4 Å². The molecule has 134 valence electrons. The third-order valence-electron chi connectivity index (χ3n) is 4.69. The highest BCUT2D eigenvalue weighted by molar-refractivity contribution is 5.30. The number of rotatable bonds is 8. The summed E-state index contributed by atoms with van der Waals surface area (Å²) in [5.74, 6) is 0. The van der Waals surface area contributed by atoms with Crippen LogP contribution in [0.25, 0.3) is 0 Å². The normalized spacial score (nSPS) is 15.5. The van der Waals surface area contributed by atoms with Gasteiger partial charge in [-0.15, -0.1) is 0 Å². The Morgan fingerprint density at radius 2 is 2.16 bits per heavy atom. The molecule has 1 aliphatic rings. The van der Waals surface area contributed by atoms with Crippen LogP contribution in [0, 0.1) is 24.0 Å².